The number of hydrogen-bond acceptors (Lipinski definition) is 2. The molecule has 1 fully saturated rings. The molecule has 1 aliphatic rings. The average Bonchev–Trinajstić information content (AvgIpc) is 2.20. The molecule has 2 N–H and O–H groups in total. The summed E-state index contributed by atoms with van der Waals surface area (Å²) >= 11 is 0. The maximum absolute atomic E-state index is 9.88. The Labute approximate surface area is 85.0 Å². The Morgan fingerprint density at radius 1 is 1.36 bits per heavy atom. The van der Waals surface area contributed by atoms with Gasteiger partial charge in [0.25, 0.3) is 0 Å². The fourth-order valence-electron chi connectivity index (χ4n) is 2.21. The zero-order valence-electron chi connectivity index (χ0n) is 8.53. The molecule has 0 amide bonds. The maximum Gasteiger partial charge on any atom is 0.0733 e. The van der Waals surface area contributed by atoms with Crippen LogP contribution in [0.1, 0.15) is 23.5 Å². The summed E-state index contributed by atoms with van der Waals surface area (Å²) in [5, 5.41) is 13.1. The van der Waals surface area contributed by atoms with Gasteiger partial charge < -0.3 is 10.4 Å². The molecule has 1 heterocycles. The summed E-state index contributed by atoms with van der Waals surface area (Å²) in [5.74, 6) is 0.317. The van der Waals surface area contributed by atoms with Gasteiger partial charge in [0.2, 0.25) is 0 Å². The van der Waals surface area contributed by atoms with E-state index in [1.54, 1.807) is 0 Å². The smallest absolute Gasteiger partial charge is 0.0733 e. The summed E-state index contributed by atoms with van der Waals surface area (Å²) in [4.78, 5) is 0. The van der Waals surface area contributed by atoms with Crippen LogP contribution in [0.25, 0.3) is 0 Å². The van der Waals surface area contributed by atoms with Gasteiger partial charge in [-0.3, -0.25) is 0 Å². The molecule has 76 valence electrons. The third kappa shape index (κ3) is 1.81. The molecule has 1 aromatic carbocycles. The fourth-order valence-corrected chi connectivity index (χ4v) is 2.21. The van der Waals surface area contributed by atoms with E-state index in [-0.39, 0.29) is 6.10 Å². The molecule has 0 saturated carbocycles. The molecule has 0 aliphatic carbocycles. The minimum absolute atomic E-state index is 0.232. The second-order valence-electron chi connectivity index (χ2n) is 4.02. The third-order valence-corrected chi connectivity index (χ3v) is 3.04. The molecule has 2 heteroatoms. The highest BCUT2D eigenvalue weighted by atomic mass is 16.3. The number of aryl methyl sites for hydroxylation is 1. The van der Waals surface area contributed by atoms with Crippen LogP contribution in [-0.4, -0.2) is 24.3 Å². The van der Waals surface area contributed by atoms with Crippen molar-refractivity contribution in [3.8, 4) is 0 Å². The first-order valence-electron chi connectivity index (χ1n) is 5.23. The lowest BCUT2D eigenvalue weighted by atomic mass is 9.85. The van der Waals surface area contributed by atoms with E-state index in [9.17, 15) is 5.11 Å². The van der Waals surface area contributed by atoms with Crippen LogP contribution in [-0.2, 0) is 0 Å². The molecule has 1 saturated heterocycles. The number of hydrogen-bond donors (Lipinski definition) is 2. The Kier molecular flexibility index (Phi) is 2.85. The molecule has 2 rings (SSSR count). The Morgan fingerprint density at radius 2 is 2.14 bits per heavy atom. The number of rotatable bonds is 1. The molecule has 0 spiro atoms. The summed E-state index contributed by atoms with van der Waals surface area (Å²) in [6.07, 6.45) is 0.802. The Bertz CT molecular complexity index is 311. The van der Waals surface area contributed by atoms with Crippen LogP contribution >= 0.6 is 0 Å². The van der Waals surface area contributed by atoms with E-state index in [2.05, 4.69) is 30.4 Å². The normalized spacial score (nSPS) is 27.6. The van der Waals surface area contributed by atoms with Crippen molar-refractivity contribution in [2.75, 3.05) is 13.1 Å². The topological polar surface area (TPSA) is 32.3 Å². The zero-order valence-corrected chi connectivity index (χ0v) is 8.53. The Morgan fingerprint density at radius 3 is 2.86 bits per heavy atom. The van der Waals surface area contributed by atoms with E-state index in [0.717, 1.165) is 19.5 Å². The van der Waals surface area contributed by atoms with Gasteiger partial charge >= 0.3 is 0 Å². The van der Waals surface area contributed by atoms with Crippen molar-refractivity contribution >= 4 is 0 Å². The number of β-amino-alcohol motifs (C(OH)–C–C–N with tert-alkyl or cyclic N) is 1. The number of benzene rings is 1. The van der Waals surface area contributed by atoms with Gasteiger partial charge in [-0.05, 0) is 31.0 Å². The van der Waals surface area contributed by atoms with Gasteiger partial charge in [0.1, 0.15) is 0 Å². The summed E-state index contributed by atoms with van der Waals surface area (Å²) in [6, 6.07) is 8.35. The van der Waals surface area contributed by atoms with Crippen LogP contribution in [0.4, 0.5) is 0 Å². The van der Waals surface area contributed by atoms with Crippen LogP contribution in [0, 0.1) is 6.92 Å². The SMILES string of the molecule is Cc1ccccc1[C@@H]1CCNC[C@H]1O. The van der Waals surface area contributed by atoms with Crippen molar-refractivity contribution in [2.45, 2.75) is 25.4 Å². The van der Waals surface area contributed by atoms with Crippen LogP contribution in [0.15, 0.2) is 24.3 Å². The van der Waals surface area contributed by atoms with Gasteiger partial charge in [0.15, 0.2) is 0 Å². The molecule has 2 atom stereocenters. The van der Waals surface area contributed by atoms with Crippen molar-refractivity contribution in [1.82, 2.24) is 5.32 Å². The second kappa shape index (κ2) is 4.11. The quantitative estimate of drug-likeness (QED) is 0.704. The highest BCUT2D eigenvalue weighted by Gasteiger charge is 2.24. The first-order chi connectivity index (χ1) is 6.79. The number of piperidine rings is 1. The average molecular weight is 191 g/mol. The first-order valence-corrected chi connectivity index (χ1v) is 5.23. The highest BCUT2D eigenvalue weighted by molar-refractivity contribution is 5.30. The van der Waals surface area contributed by atoms with E-state index < -0.39 is 0 Å². The first kappa shape index (κ1) is 9.69. The Balaban J connectivity index is 2.25. The minimum atomic E-state index is -0.232. The fraction of sp³-hybridized carbons (Fsp3) is 0.500. The summed E-state index contributed by atoms with van der Waals surface area (Å²) < 4.78 is 0. The molecular formula is C12H17NO. The van der Waals surface area contributed by atoms with E-state index in [0.29, 0.717) is 5.92 Å². The van der Waals surface area contributed by atoms with Crippen molar-refractivity contribution in [1.29, 1.82) is 0 Å². The van der Waals surface area contributed by atoms with Crippen LogP contribution in [0.2, 0.25) is 0 Å². The zero-order chi connectivity index (χ0) is 9.97. The van der Waals surface area contributed by atoms with Crippen molar-refractivity contribution < 1.29 is 5.11 Å². The molecule has 14 heavy (non-hydrogen) atoms. The molecule has 0 radical (unpaired) electrons. The monoisotopic (exact) mass is 191 g/mol. The molecule has 2 nitrogen and oxygen atoms in total. The standard InChI is InChI=1S/C12H17NO/c1-9-4-2-3-5-10(9)11-6-7-13-8-12(11)14/h2-5,11-14H,6-8H2,1H3/t11-,12+/m0/s1. The number of aliphatic hydroxyl groups is 1. The lowest BCUT2D eigenvalue weighted by Crippen LogP contribution is -2.39. The predicted octanol–water partition coefficient (Wildman–Crippen LogP) is 1.43. The largest absolute Gasteiger partial charge is 0.391 e. The molecule has 0 aromatic heterocycles. The second-order valence-corrected chi connectivity index (χ2v) is 4.02. The van der Waals surface area contributed by atoms with Gasteiger partial charge in [0, 0.05) is 12.5 Å². The summed E-state index contributed by atoms with van der Waals surface area (Å²) in [7, 11) is 0. The minimum Gasteiger partial charge on any atom is -0.391 e. The van der Waals surface area contributed by atoms with Gasteiger partial charge in [-0.15, -0.1) is 0 Å². The van der Waals surface area contributed by atoms with Gasteiger partial charge in [-0.1, -0.05) is 24.3 Å². The lowest BCUT2D eigenvalue weighted by molar-refractivity contribution is 0.118. The van der Waals surface area contributed by atoms with E-state index >= 15 is 0 Å². The van der Waals surface area contributed by atoms with E-state index in [4.69, 9.17) is 0 Å². The predicted molar refractivity (Wildman–Crippen MR) is 57.4 cm³/mol. The molecular weight excluding hydrogens is 174 g/mol. The van der Waals surface area contributed by atoms with Crippen LogP contribution < -0.4 is 5.32 Å². The maximum atomic E-state index is 9.88. The molecule has 1 aliphatic heterocycles. The molecule has 0 bridgehead atoms. The molecule has 0 unspecified atom stereocenters. The summed E-state index contributed by atoms with van der Waals surface area (Å²) in [5.41, 5.74) is 2.60. The third-order valence-electron chi connectivity index (χ3n) is 3.04. The van der Waals surface area contributed by atoms with Crippen molar-refractivity contribution in [2.24, 2.45) is 0 Å². The van der Waals surface area contributed by atoms with Crippen molar-refractivity contribution in [3.63, 3.8) is 0 Å². The van der Waals surface area contributed by atoms with Crippen molar-refractivity contribution in [3.05, 3.63) is 35.4 Å². The van der Waals surface area contributed by atoms with Crippen LogP contribution in [0.5, 0.6) is 0 Å². The van der Waals surface area contributed by atoms with E-state index in [1.165, 1.54) is 11.1 Å². The summed E-state index contributed by atoms with van der Waals surface area (Å²) in [6.45, 7) is 3.85. The highest BCUT2D eigenvalue weighted by Crippen LogP contribution is 2.27. The number of nitrogens with one attached hydrogen (secondary N) is 1. The molecule has 1 aromatic rings. The van der Waals surface area contributed by atoms with Gasteiger partial charge in [-0.25, -0.2) is 0 Å². The van der Waals surface area contributed by atoms with E-state index in [1.807, 2.05) is 6.07 Å². The van der Waals surface area contributed by atoms with Gasteiger partial charge in [-0.2, -0.15) is 0 Å². The van der Waals surface area contributed by atoms with Crippen LogP contribution in [0.3, 0.4) is 0 Å². The lowest BCUT2D eigenvalue weighted by Gasteiger charge is -2.29. The number of aliphatic hydroxyl groups excluding tert-OH is 1. The Hall–Kier alpha value is -0.860. The van der Waals surface area contributed by atoms with Gasteiger partial charge in [0.05, 0.1) is 6.10 Å².